The molecule has 0 saturated carbocycles. The molecule has 2 N–H and O–H groups in total. The number of aromatic nitrogens is 2. The SMILES string of the molecule is CCCNc1ncc(C)c(Nc2ccc(Cl)cc2)n1. The van der Waals surface area contributed by atoms with Gasteiger partial charge in [0.25, 0.3) is 0 Å². The molecule has 2 rings (SSSR count). The highest BCUT2D eigenvalue weighted by molar-refractivity contribution is 6.30. The van der Waals surface area contributed by atoms with Crippen molar-refractivity contribution in [2.75, 3.05) is 17.2 Å². The Morgan fingerprint density at radius 3 is 2.63 bits per heavy atom. The number of halogens is 1. The Labute approximate surface area is 118 Å². The highest BCUT2D eigenvalue weighted by atomic mass is 35.5. The largest absolute Gasteiger partial charge is 0.354 e. The summed E-state index contributed by atoms with van der Waals surface area (Å²) in [6, 6.07) is 7.53. The highest BCUT2D eigenvalue weighted by Gasteiger charge is 2.04. The highest BCUT2D eigenvalue weighted by Crippen LogP contribution is 2.20. The monoisotopic (exact) mass is 276 g/mol. The lowest BCUT2D eigenvalue weighted by Crippen LogP contribution is -2.06. The molecular formula is C14H17ClN4. The Morgan fingerprint density at radius 1 is 1.21 bits per heavy atom. The Balaban J connectivity index is 2.16. The van der Waals surface area contributed by atoms with E-state index in [1.165, 1.54) is 0 Å². The van der Waals surface area contributed by atoms with Crippen molar-refractivity contribution in [3.8, 4) is 0 Å². The number of aryl methyl sites for hydroxylation is 1. The Kier molecular flexibility index (Phi) is 4.58. The lowest BCUT2D eigenvalue weighted by atomic mass is 10.3. The van der Waals surface area contributed by atoms with Crippen LogP contribution in [0, 0.1) is 6.92 Å². The zero-order valence-electron chi connectivity index (χ0n) is 11.1. The van der Waals surface area contributed by atoms with Crippen LogP contribution in [0.25, 0.3) is 0 Å². The molecule has 1 heterocycles. The normalized spacial score (nSPS) is 10.3. The second-order valence-electron chi connectivity index (χ2n) is 4.28. The number of benzene rings is 1. The molecule has 0 radical (unpaired) electrons. The summed E-state index contributed by atoms with van der Waals surface area (Å²) in [6.45, 7) is 4.94. The first-order valence-corrected chi connectivity index (χ1v) is 6.67. The predicted octanol–water partition coefficient (Wildman–Crippen LogP) is 4.00. The molecule has 0 aliphatic carbocycles. The maximum atomic E-state index is 5.86. The smallest absolute Gasteiger partial charge is 0.224 e. The Morgan fingerprint density at radius 2 is 1.95 bits per heavy atom. The number of rotatable bonds is 5. The molecule has 0 aliphatic rings. The van der Waals surface area contributed by atoms with E-state index in [-0.39, 0.29) is 0 Å². The Bertz CT molecular complexity index is 540. The first-order chi connectivity index (χ1) is 9.19. The molecule has 4 nitrogen and oxygen atoms in total. The summed E-state index contributed by atoms with van der Waals surface area (Å²) >= 11 is 5.86. The summed E-state index contributed by atoms with van der Waals surface area (Å²) in [5.74, 6) is 1.44. The lowest BCUT2D eigenvalue weighted by molar-refractivity contribution is 0.950. The van der Waals surface area contributed by atoms with Gasteiger partial charge in [-0.1, -0.05) is 18.5 Å². The molecule has 0 spiro atoms. The molecule has 1 aromatic carbocycles. The van der Waals surface area contributed by atoms with Crippen LogP contribution < -0.4 is 10.6 Å². The fourth-order valence-electron chi connectivity index (χ4n) is 1.56. The molecule has 1 aromatic heterocycles. The van der Waals surface area contributed by atoms with E-state index in [1.54, 1.807) is 0 Å². The number of nitrogens with one attached hydrogen (secondary N) is 2. The van der Waals surface area contributed by atoms with Gasteiger partial charge in [-0.15, -0.1) is 0 Å². The van der Waals surface area contributed by atoms with Gasteiger partial charge in [-0.3, -0.25) is 0 Å². The van der Waals surface area contributed by atoms with E-state index in [0.717, 1.165) is 35.1 Å². The van der Waals surface area contributed by atoms with Crippen molar-refractivity contribution in [3.05, 3.63) is 41.0 Å². The van der Waals surface area contributed by atoms with Gasteiger partial charge >= 0.3 is 0 Å². The van der Waals surface area contributed by atoms with Gasteiger partial charge in [0.05, 0.1) is 0 Å². The summed E-state index contributed by atoms with van der Waals surface area (Å²) in [5, 5.41) is 7.16. The topological polar surface area (TPSA) is 49.8 Å². The number of nitrogens with zero attached hydrogens (tertiary/aromatic N) is 2. The van der Waals surface area contributed by atoms with Crippen molar-refractivity contribution in [2.24, 2.45) is 0 Å². The van der Waals surface area contributed by atoms with Crippen LogP contribution >= 0.6 is 11.6 Å². The van der Waals surface area contributed by atoms with Gasteiger partial charge in [-0.05, 0) is 37.6 Å². The molecular weight excluding hydrogens is 260 g/mol. The molecule has 0 amide bonds. The third-order valence-electron chi connectivity index (χ3n) is 2.61. The molecule has 19 heavy (non-hydrogen) atoms. The van der Waals surface area contributed by atoms with Crippen LogP contribution in [0.2, 0.25) is 5.02 Å². The van der Waals surface area contributed by atoms with E-state index < -0.39 is 0 Å². The van der Waals surface area contributed by atoms with E-state index in [4.69, 9.17) is 11.6 Å². The third-order valence-corrected chi connectivity index (χ3v) is 2.86. The van der Waals surface area contributed by atoms with Crippen molar-refractivity contribution < 1.29 is 0 Å². The minimum absolute atomic E-state index is 0.643. The second-order valence-corrected chi connectivity index (χ2v) is 4.72. The van der Waals surface area contributed by atoms with Crippen LogP contribution in [-0.4, -0.2) is 16.5 Å². The van der Waals surface area contributed by atoms with Crippen LogP contribution in [0.15, 0.2) is 30.5 Å². The number of hydrogen-bond acceptors (Lipinski definition) is 4. The van der Waals surface area contributed by atoms with E-state index in [2.05, 4.69) is 27.5 Å². The van der Waals surface area contributed by atoms with E-state index in [1.807, 2.05) is 37.4 Å². The van der Waals surface area contributed by atoms with Crippen molar-refractivity contribution in [3.63, 3.8) is 0 Å². The third kappa shape index (κ3) is 3.83. The van der Waals surface area contributed by atoms with Gasteiger partial charge in [0.15, 0.2) is 0 Å². The molecule has 0 bridgehead atoms. The van der Waals surface area contributed by atoms with Gasteiger partial charge in [-0.25, -0.2) is 4.98 Å². The number of hydrogen-bond donors (Lipinski definition) is 2. The van der Waals surface area contributed by atoms with Gasteiger partial charge < -0.3 is 10.6 Å². The summed E-state index contributed by atoms with van der Waals surface area (Å²) in [7, 11) is 0. The van der Waals surface area contributed by atoms with Crippen molar-refractivity contribution >= 4 is 29.1 Å². The van der Waals surface area contributed by atoms with E-state index in [0.29, 0.717) is 5.95 Å². The average Bonchev–Trinajstić information content (AvgIpc) is 2.42. The molecule has 0 atom stereocenters. The van der Waals surface area contributed by atoms with Crippen LogP contribution in [0.5, 0.6) is 0 Å². The van der Waals surface area contributed by atoms with Crippen LogP contribution in [0.4, 0.5) is 17.5 Å². The van der Waals surface area contributed by atoms with Crippen molar-refractivity contribution in [1.29, 1.82) is 0 Å². The molecule has 0 fully saturated rings. The maximum Gasteiger partial charge on any atom is 0.224 e. The molecule has 0 unspecified atom stereocenters. The van der Waals surface area contributed by atoms with Crippen LogP contribution in [0.1, 0.15) is 18.9 Å². The zero-order chi connectivity index (χ0) is 13.7. The van der Waals surface area contributed by atoms with Gasteiger partial charge in [0.1, 0.15) is 5.82 Å². The molecule has 0 saturated heterocycles. The minimum Gasteiger partial charge on any atom is -0.354 e. The molecule has 5 heteroatoms. The number of anilines is 3. The summed E-state index contributed by atoms with van der Waals surface area (Å²) in [6.07, 6.45) is 2.85. The first-order valence-electron chi connectivity index (χ1n) is 6.29. The predicted molar refractivity (Wildman–Crippen MR) is 80.3 cm³/mol. The summed E-state index contributed by atoms with van der Waals surface area (Å²) in [4.78, 5) is 8.71. The van der Waals surface area contributed by atoms with Crippen molar-refractivity contribution in [2.45, 2.75) is 20.3 Å². The zero-order valence-corrected chi connectivity index (χ0v) is 11.8. The minimum atomic E-state index is 0.643. The van der Waals surface area contributed by atoms with Crippen LogP contribution in [-0.2, 0) is 0 Å². The lowest BCUT2D eigenvalue weighted by Gasteiger charge is -2.10. The fraction of sp³-hybridized carbons (Fsp3) is 0.286. The second kappa shape index (κ2) is 6.38. The fourth-order valence-corrected chi connectivity index (χ4v) is 1.69. The van der Waals surface area contributed by atoms with E-state index in [9.17, 15) is 0 Å². The molecule has 0 aliphatic heterocycles. The van der Waals surface area contributed by atoms with E-state index >= 15 is 0 Å². The quantitative estimate of drug-likeness (QED) is 0.866. The van der Waals surface area contributed by atoms with Crippen molar-refractivity contribution in [1.82, 2.24) is 9.97 Å². The van der Waals surface area contributed by atoms with Gasteiger partial charge in [0, 0.05) is 29.0 Å². The summed E-state index contributed by atoms with van der Waals surface area (Å²) < 4.78 is 0. The average molecular weight is 277 g/mol. The first kappa shape index (κ1) is 13.6. The van der Waals surface area contributed by atoms with Gasteiger partial charge in [0.2, 0.25) is 5.95 Å². The molecule has 100 valence electrons. The summed E-state index contributed by atoms with van der Waals surface area (Å²) in [5.41, 5.74) is 1.95. The Hall–Kier alpha value is -1.81. The standard InChI is InChI=1S/C14H17ClN4/c1-3-8-16-14-17-9-10(2)13(19-14)18-12-6-4-11(15)5-7-12/h4-7,9H,3,8H2,1-2H3,(H2,16,17,18,19). The van der Waals surface area contributed by atoms with Gasteiger partial charge in [-0.2, -0.15) is 4.98 Å². The molecule has 2 aromatic rings. The maximum absolute atomic E-state index is 5.86. The van der Waals surface area contributed by atoms with Crippen LogP contribution in [0.3, 0.4) is 0 Å².